The van der Waals surface area contributed by atoms with Crippen LogP contribution in [0, 0.1) is 0 Å². The molecule has 0 bridgehead atoms. The Morgan fingerprint density at radius 1 is 1.31 bits per heavy atom. The molecule has 3 nitrogen and oxygen atoms in total. The summed E-state index contributed by atoms with van der Waals surface area (Å²) in [7, 11) is 0. The highest BCUT2D eigenvalue weighted by Crippen LogP contribution is 2.20. The van der Waals surface area contributed by atoms with E-state index >= 15 is 0 Å². The van der Waals surface area contributed by atoms with Gasteiger partial charge in [-0.3, -0.25) is 4.79 Å². The molecule has 0 aliphatic rings. The Hall–Kier alpha value is -0.830. The fourth-order valence-electron chi connectivity index (χ4n) is 1.85. The zero-order valence-corrected chi connectivity index (χ0v) is 10.7. The molecule has 0 fully saturated rings. The van der Waals surface area contributed by atoms with Crippen LogP contribution >= 0.6 is 0 Å². The molecule has 0 aromatic rings. The lowest BCUT2D eigenvalue weighted by atomic mass is 9.87. The van der Waals surface area contributed by atoms with Gasteiger partial charge in [0.25, 0.3) is 0 Å². The Kier molecular flexibility index (Phi) is 7.90. The van der Waals surface area contributed by atoms with Crippen molar-refractivity contribution in [2.24, 2.45) is 5.73 Å². The molecule has 0 saturated heterocycles. The molecule has 16 heavy (non-hydrogen) atoms. The lowest BCUT2D eigenvalue weighted by molar-refractivity contribution is -0.118. The van der Waals surface area contributed by atoms with E-state index in [-0.39, 0.29) is 11.4 Å². The molecule has 0 aliphatic carbocycles. The normalized spacial score (nSPS) is 11.2. The summed E-state index contributed by atoms with van der Waals surface area (Å²) in [6, 6.07) is 0. The minimum absolute atomic E-state index is 0.113. The molecule has 0 rings (SSSR count). The molecule has 0 atom stereocenters. The Balaban J connectivity index is 4.51. The Labute approximate surface area is 99.5 Å². The summed E-state index contributed by atoms with van der Waals surface area (Å²) in [6.45, 7) is 8.29. The standard InChI is InChI=1S/C13H26N2O/c1-4-7-9-13(11-14,10-8-5-2)15-12(16)6-3/h6H,3-5,7-11,14H2,1-2H3,(H,15,16). The highest BCUT2D eigenvalue weighted by molar-refractivity contribution is 5.87. The maximum atomic E-state index is 11.4. The first-order chi connectivity index (χ1) is 7.64. The number of rotatable bonds is 9. The number of hydrogen-bond acceptors (Lipinski definition) is 2. The van der Waals surface area contributed by atoms with Crippen LogP contribution < -0.4 is 11.1 Å². The van der Waals surface area contributed by atoms with Crippen LogP contribution in [0.15, 0.2) is 12.7 Å². The molecule has 0 spiro atoms. The first-order valence-electron chi connectivity index (χ1n) is 6.28. The van der Waals surface area contributed by atoms with Crippen molar-refractivity contribution in [3.63, 3.8) is 0 Å². The van der Waals surface area contributed by atoms with E-state index in [1.54, 1.807) is 0 Å². The van der Waals surface area contributed by atoms with Crippen molar-refractivity contribution in [3.05, 3.63) is 12.7 Å². The third-order valence-electron chi connectivity index (χ3n) is 2.98. The number of nitrogens with one attached hydrogen (secondary N) is 1. The van der Waals surface area contributed by atoms with E-state index < -0.39 is 0 Å². The zero-order chi connectivity index (χ0) is 12.4. The highest BCUT2D eigenvalue weighted by atomic mass is 16.1. The highest BCUT2D eigenvalue weighted by Gasteiger charge is 2.28. The van der Waals surface area contributed by atoms with E-state index in [2.05, 4.69) is 25.7 Å². The second-order valence-corrected chi connectivity index (χ2v) is 4.38. The van der Waals surface area contributed by atoms with Crippen LogP contribution in [0.1, 0.15) is 52.4 Å². The molecule has 0 heterocycles. The van der Waals surface area contributed by atoms with Crippen molar-refractivity contribution in [3.8, 4) is 0 Å². The Bertz CT molecular complexity index is 206. The summed E-state index contributed by atoms with van der Waals surface area (Å²) >= 11 is 0. The smallest absolute Gasteiger partial charge is 0.243 e. The second-order valence-electron chi connectivity index (χ2n) is 4.38. The van der Waals surface area contributed by atoms with Gasteiger partial charge in [-0.05, 0) is 18.9 Å². The van der Waals surface area contributed by atoms with Crippen LogP contribution in [0.4, 0.5) is 0 Å². The average molecular weight is 226 g/mol. The van der Waals surface area contributed by atoms with Crippen molar-refractivity contribution >= 4 is 5.91 Å². The van der Waals surface area contributed by atoms with Crippen LogP contribution in [-0.4, -0.2) is 18.0 Å². The first-order valence-corrected chi connectivity index (χ1v) is 6.28. The Morgan fingerprint density at radius 2 is 1.81 bits per heavy atom. The van der Waals surface area contributed by atoms with Gasteiger partial charge in [0.05, 0.1) is 5.54 Å². The van der Waals surface area contributed by atoms with E-state index in [0.717, 1.165) is 38.5 Å². The van der Waals surface area contributed by atoms with E-state index in [1.165, 1.54) is 6.08 Å². The molecule has 94 valence electrons. The van der Waals surface area contributed by atoms with Crippen molar-refractivity contribution in [1.29, 1.82) is 0 Å². The third-order valence-corrected chi connectivity index (χ3v) is 2.98. The van der Waals surface area contributed by atoms with E-state index in [9.17, 15) is 4.79 Å². The molecule has 0 unspecified atom stereocenters. The number of carbonyl (C=O) groups is 1. The monoisotopic (exact) mass is 226 g/mol. The fraction of sp³-hybridized carbons (Fsp3) is 0.769. The van der Waals surface area contributed by atoms with Gasteiger partial charge in [0.2, 0.25) is 5.91 Å². The molecular formula is C13H26N2O. The number of carbonyl (C=O) groups excluding carboxylic acids is 1. The van der Waals surface area contributed by atoms with E-state index in [0.29, 0.717) is 6.54 Å². The van der Waals surface area contributed by atoms with E-state index in [1.807, 2.05) is 0 Å². The van der Waals surface area contributed by atoms with Gasteiger partial charge in [0.15, 0.2) is 0 Å². The van der Waals surface area contributed by atoms with Crippen LogP contribution in [-0.2, 0) is 4.79 Å². The lowest BCUT2D eigenvalue weighted by Crippen LogP contribution is -2.53. The Morgan fingerprint density at radius 3 is 2.12 bits per heavy atom. The summed E-state index contributed by atoms with van der Waals surface area (Å²) in [5.41, 5.74) is 5.62. The quantitative estimate of drug-likeness (QED) is 0.593. The van der Waals surface area contributed by atoms with Crippen molar-refractivity contribution in [1.82, 2.24) is 5.32 Å². The summed E-state index contributed by atoms with van der Waals surface area (Å²) in [4.78, 5) is 11.4. The molecule has 0 radical (unpaired) electrons. The van der Waals surface area contributed by atoms with Gasteiger partial charge in [-0.25, -0.2) is 0 Å². The lowest BCUT2D eigenvalue weighted by Gasteiger charge is -2.33. The van der Waals surface area contributed by atoms with Crippen molar-refractivity contribution < 1.29 is 4.79 Å². The van der Waals surface area contributed by atoms with Gasteiger partial charge in [0.1, 0.15) is 0 Å². The van der Waals surface area contributed by atoms with Gasteiger partial charge >= 0.3 is 0 Å². The van der Waals surface area contributed by atoms with Gasteiger partial charge in [0, 0.05) is 6.54 Å². The van der Waals surface area contributed by atoms with Crippen LogP contribution in [0.2, 0.25) is 0 Å². The number of amides is 1. The summed E-state index contributed by atoms with van der Waals surface area (Å²) in [5, 5.41) is 3.02. The topological polar surface area (TPSA) is 55.1 Å². The largest absolute Gasteiger partial charge is 0.346 e. The van der Waals surface area contributed by atoms with Gasteiger partial charge < -0.3 is 11.1 Å². The number of hydrogen-bond donors (Lipinski definition) is 2. The van der Waals surface area contributed by atoms with Crippen LogP contribution in [0.3, 0.4) is 0 Å². The molecule has 0 aliphatic heterocycles. The zero-order valence-electron chi connectivity index (χ0n) is 10.7. The predicted octanol–water partition coefficient (Wildman–Crippen LogP) is 2.37. The van der Waals surface area contributed by atoms with Crippen molar-refractivity contribution in [2.45, 2.75) is 57.9 Å². The van der Waals surface area contributed by atoms with Gasteiger partial charge in [-0.15, -0.1) is 0 Å². The molecule has 3 heteroatoms. The van der Waals surface area contributed by atoms with Crippen LogP contribution in [0.25, 0.3) is 0 Å². The van der Waals surface area contributed by atoms with Crippen molar-refractivity contribution in [2.75, 3.05) is 6.54 Å². The maximum Gasteiger partial charge on any atom is 0.243 e. The first kappa shape index (κ1) is 15.2. The summed E-state index contributed by atoms with van der Waals surface area (Å²) in [5.74, 6) is -0.113. The van der Waals surface area contributed by atoms with Crippen LogP contribution in [0.5, 0.6) is 0 Å². The minimum Gasteiger partial charge on any atom is -0.346 e. The van der Waals surface area contributed by atoms with Gasteiger partial charge in [-0.2, -0.15) is 0 Å². The molecule has 0 aromatic heterocycles. The molecule has 1 amide bonds. The van der Waals surface area contributed by atoms with E-state index in [4.69, 9.17) is 5.73 Å². The predicted molar refractivity (Wildman–Crippen MR) is 69.2 cm³/mol. The second kappa shape index (κ2) is 8.34. The SMILES string of the molecule is C=CC(=O)NC(CN)(CCCC)CCCC. The molecule has 0 saturated carbocycles. The average Bonchev–Trinajstić information content (AvgIpc) is 2.32. The summed E-state index contributed by atoms with van der Waals surface area (Å²) in [6.07, 6.45) is 7.67. The number of nitrogens with two attached hydrogens (primary N) is 1. The molecular weight excluding hydrogens is 200 g/mol. The minimum atomic E-state index is -0.225. The maximum absolute atomic E-state index is 11.4. The molecule has 0 aromatic carbocycles. The number of unbranched alkanes of at least 4 members (excludes halogenated alkanes) is 2. The molecule has 3 N–H and O–H groups in total. The summed E-state index contributed by atoms with van der Waals surface area (Å²) < 4.78 is 0. The fourth-order valence-corrected chi connectivity index (χ4v) is 1.85. The van der Waals surface area contributed by atoms with Gasteiger partial charge in [-0.1, -0.05) is 46.1 Å². The third kappa shape index (κ3) is 5.31.